The van der Waals surface area contributed by atoms with Gasteiger partial charge in [-0.3, -0.25) is 5.32 Å². The van der Waals surface area contributed by atoms with Gasteiger partial charge in [-0.05, 0) is 43.2 Å². The van der Waals surface area contributed by atoms with E-state index in [-0.39, 0.29) is 17.9 Å². The molecule has 1 aromatic heterocycles. The Hall–Kier alpha value is -2.70. The van der Waals surface area contributed by atoms with Gasteiger partial charge >= 0.3 is 6.03 Å². The number of halogens is 1. The maximum absolute atomic E-state index is 13.1. The van der Waals surface area contributed by atoms with Crippen LogP contribution in [-0.4, -0.2) is 22.3 Å². The van der Waals surface area contributed by atoms with Crippen molar-refractivity contribution in [1.82, 2.24) is 15.5 Å². The molecule has 0 unspecified atom stereocenters. The molecule has 1 aromatic carbocycles. The third-order valence-corrected chi connectivity index (χ3v) is 2.92. The maximum Gasteiger partial charge on any atom is 0.320 e. The summed E-state index contributed by atoms with van der Waals surface area (Å²) in [6, 6.07) is 9.33. The van der Waals surface area contributed by atoms with Crippen molar-refractivity contribution < 1.29 is 9.18 Å². The minimum Gasteiger partial charge on any atom is -0.339 e. The molecule has 2 aromatic rings. The summed E-state index contributed by atoms with van der Waals surface area (Å²) in [7, 11) is 0. The fourth-order valence-corrected chi connectivity index (χ4v) is 1.75. The number of hydrogen-bond donors (Lipinski definition) is 3. The van der Waals surface area contributed by atoms with Gasteiger partial charge < -0.3 is 10.6 Å². The van der Waals surface area contributed by atoms with Crippen molar-refractivity contribution in [3.63, 3.8) is 0 Å². The molecule has 0 aliphatic heterocycles. The van der Waals surface area contributed by atoms with Crippen molar-refractivity contribution in [2.75, 3.05) is 10.6 Å². The molecule has 0 bridgehead atoms. The van der Waals surface area contributed by atoms with Crippen LogP contribution in [0.2, 0.25) is 0 Å². The predicted octanol–water partition coefficient (Wildman–Crippen LogP) is 2.64. The fourth-order valence-electron chi connectivity index (χ4n) is 1.75. The molecule has 1 aliphatic carbocycles. The Balaban J connectivity index is 1.59. The highest BCUT2D eigenvalue weighted by Gasteiger charge is 2.23. The normalized spacial score (nSPS) is 13.6. The zero-order valence-corrected chi connectivity index (χ0v) is 11.1. The number of rotatable bonds is 4. The molecule has 1 aliphatic rings. The van der Waals surface area contributed by atoms with Gasteiger partial charge in [-0.2, -0.15) is 0 Å². The Morgan fingerprint density at radius 3 is 2.57 bits per heavy atom. The molecule has 7 heteroatoms. The molecule has 1 fully saturated rings. The molecule has 1 saturated carbocycles. The molecule has 2 amide bonds. The second kappa shape index (κ2) is 5.74. The van der Waals surface area contributed by atoms with E-state index < -0.39 is 0 Å². The number of amides is 2. The molecule has 6 nitrogen and oxygen atoms in total. The van der Waals surface area contributed by atoms with Crippen molar-refractivity contribution in [3.05, 3.63) is 42.2 Å². The van der Waals surface area contributed by atoms with Crippen molar-refractivity contribution in [3.8, 4) is 0 Å². The molecule has 0 radical (unpaired) electrons. The number of carbonyl (C=O) groups is 1. The molecule has 21 heavy (non-hydrogen) atoms. The van der Waals surface area contributed by atoms with Gasteiger partial charge in [-0.15, -0.1) is 10.2 Å². The second-order valence-corrected chi connectivity index (χ2v) is 4.81. The second-order valence-electron chi connectivity index (χ2n) is 4.81. The first-order chi connectivity index (χ1) is 10.2. The number of hydrogen-bond acceptors (Lipinski definition) is 4. The van der Waals surface area contributed by atoms with E-state index in [1.807, 2.05) is 0 Å². The van der Waals surface area contributed by atoms with Crippen LogP contribution in [0.1, 0.15) is 12.8 Å². The summed E-state index contributed by atoms with van der Waals surface area (Å²) in [5, 5.41) is 16.1. The van der Waals surface area contributed by atoms with Crippen molar-refractivity contribution in [1.29, 1.82) is 0 Å². The zero-order chi connectivity index (χ0) is 14.7. The van der Waals surface area contributed by atoms with Crippen LogP contribution in [0.25, 0.3) is 0 Å². The van der Waals surface area contributed by atoms with Crippen LogP contribution in [0.15, 0.2) is 36.4 Å². The van der Waals surface area contributed by atoms with Gasteiger partial charge in [-0.1, -0.05) is 6.07 Å². The lowest BCUT2D eigenvalue weighted by atomic mass is 10.3. The largest absolute Gasteiger partial charge is 0.339 e. The first-order valence-electron chi connectivity index (χ1n) is 6.63. The Kier molecular flexibility index (Phi) is 3.63. The van der Waals surface area contributed by atoms with Crippen LogP contribution in [0, 0.1) is 5.82 Å². The summed E-state index contributed by atoms with van der Waals surface area (Å²) in [5.41, 5.74) is 0.580. The number of nitrogens with zero attached hydrogens (tertiary/aromatic N) is 2. The van der Waals surface area contributed by atoms with E-state index in [1.165, 1.54) is 12.1 Å². The monoisotopic (exact) mass is 287 g/mol. The van der Waals surface area contributed by atoms with Gasteiger partial charge in [0.25, 0.3) is 0 Å². The van der Waals surface area contributed by atoms with Crippen LogP contribution < -0.4 is 16.0 Å². The highest BCUT2D eigenvalue weighted by Crippen LogP contribution is 2.19. The Bertz CT molecular complexity index is 642. The SMILES string of the molecule is O=C(Nc1ccc(Nc2cccc(F)c2)nn1)NC1CC1. The van der Waals surface area contributed by atoms with Gasteiger partial charge in [0.1, 0.15) is 5.82 Å². The number of carbonyl (C=O) groups excluding carboxylic acids is 1. The summed E-state index contributed by atoms with van der Waals surface area (Å²) in [5.74, 6) is 0.495. The zero-order valence-electron chi connectivity index (χ0n) is 11.1. The smallest absolute Gasteiger partial charge is 0.320 e. The first-order valence-corrected chi connectivity index (χ1v) is 6.63. The lowest BCUT2D eigenvalue weighted by Gasteiger charge is -2.07. The summed E-state index contributed by atoms with van der Waals surface area (Å²) < 4.78 is 13.1. The predicted molar refractivity (Wildman–Crippen MR) is 76.9 cm³/mol. The molecule has 108 valence electrons. The van der Waals surface area contributed by atoms with E-state index >= 15 is 0 Å². The Morgan fingerprint density at radius 2 is 1.90 bits per heavy atom. The van der Waals surface area contributed by atoms with Crippen LogP contribution in [0.5, 0.6) is 0 Å². The quantitative estimate of drug-likeness (QED) is 0.807. The molecular weight excluding hydrogens is 273 g/mol. The van der Waals surface area contributed by atoms with Crippen LogP contribution in [0.4, 0.5) is 26.5 Å². The highest BCUT2D eigenvalue weighted by molar-refractivity contribution is 5.88. The molecule has 3 rings (SSSR count). The van der Waals surface area contributed by atoms with E-state index in [1.54, 1.807) is 24.3 Å². The molecule has 3 N–H and O–H groups in total. The summed E-state index contributed by atoms with van der Waals surface area (Å²) in [6.07, 6.45) is 2.05. The third kappa shape index (κ3) is 3.88. The molecular formula is C14H14FN5O. The van der Waals surface area contributed by atoms with Gasteiger partial charge in [-0.25, -0.2) is 9.18 Å². The van der Waals surface area contributed by atoms with E-state index in [4.69, 9.17) is 0 Å². The maximum atomic E-state index is 13.1. The number of anilines is 3. The lowest BCUT2D eigenvalue weighted by molar-refractivity contribution is 0.251. The number of benzene rings is 1. The van der Waals surface area contributed by atoms with Crippen molar-refractivity contribution in [2.45, 2.75) is 18.9 Å². The van der Waals surface area contributed by atoms with Gasteiger partial charge in [0.15, 0.2) is 11.6 Å². The van der Waals surface area contributed by atoms with Crippen LogP contribution in [0.3, 0.4) is 0 Å². The summed E-state index contributed by atoms with van der Waals surface area (Å²) in [6.45, 7) is 0. The first kappa shape index (κ1) is 13.3. The summed E-state index contributed by atoms with van der Waals surface area (Å²) in [4.78, 5) is 11.5. The van der Waals surface area contributed by atoms with Crippen molar-refractivity contribution >= 4 is 23.4 Å². The van der Waals surface area contributed by atoms with Crippen LogP contribution in [-0.2, 0) is 0 Å². The summed E-state index contributed by atoms with van der Waals surface area (Å²) >= 11 is 0. The number of urea groups is 1. The average molecular weight is 287 g/mol. The average Bonchev–Trinajstić information content (AvgIpc) is 3.25. The van der Waals surface area contributed by atoms with Gasteiger partial charge in [0, 0.05) is 11.7 Å². The minimum atomic E-state index is -0.331. The Labute approximate surface area is 120 Å². The fraction of sp³-hybridized carbons (Fsp3) is 0.214. The molecule has 0 spiro atoms. The van der Waals surface area contributed by atoms with E-state index in [9.17, 15) is 9.18 Å². The number of aromatic nitrogens is 2. The topological polar surface area (TPSA) is 78.9 Å². The molecule has 0 atom stereocenters. The van der Waals surface area contributed by atoms with Crippen molar-refractivity contribution in [2.24, 2.45) is 0 Å². The van der Waals surface area contributed by atoms with Crippen LogP contribution >= 0.6 is 0 Å². The van der Waals surface area contributed by atoms with Gasteiger partial charge in [0.2, 0.25) is 0 Å². The number of nitrogens with one attached hydrogen (secondary N) is 3. The third-order valence-electron chi connectivity index (χ3n) is 2.92. The van der Waals surface area contributed by atoms with E-state index in [2.05, 4.69) is 26.1 Å². The van der Waals surface area contributed by atoms with E-state index in [0.717, 1.165) is 12.8 Å². The Morgan fingerprint density at radius 1 is 1.14 bits per heavy atom. The highest BCUT2D eigenvalue weighted by atomic mass is 19.1. The van der Waals surface area contributed by atoms with E-state index in [0.29, 0.717) is 17.3 Å². The van der Waals surface area contributed by atoms with Gasteiger partial charge in [0.05, 0.1) is 0 Å². The molecule has 1 heterocycles. The standard InChI is InChI=1S/C14H14FN5O/c15-9-2-1-3-11(8-9)16-12-6-7-13(20-19-12)18-14(21)17-10-4-5-10/h1-3,6-8,10H,4-5H2,(H,16,19)(H2,17,18,20,21). The minimum absolute atomic E-state index is 0.280. The molecule has 0 saturated heterocycles. The lowest BCUT2D eigenvalue weighted by Crippen LogP contribution is -2.30.